The van der Waals surface area contributed by atoms with E-state index in [-0.39, 0.29) is 17.1 Å². The Balaban J connectivity index is 2.10. The number of aliphatic hydroxyl groups is 1. The van der Waals surface area contributed by atoms with Crippen molar-refractivity contribution < 1.29 is 28.5 Å². The molecule has 0 radical (unpaired) electrons. The van der Waals surface area contributed by atoms with Gasteiger partial charge in [0.1, 0.15) is 11.5 Å². The third kappa shape index (κ3) is 9.45. The molecule has 7 heteroatoms. The summed E-state index contributed by atoms with van der Waals surface area (Å²) in [6.45, 7) is 19.7. The third-order valence-electron chi connectivity index (χ3n) is 8.15. The second kappa shape index (κ2) is 14.4. The molecule has 0 aliphatic heterocycles. The summed E-state index contributed by atoms with van der Waals surface area (Å²) in [6.07, 6.45) is 0.323. The molecule has 0 aliphatic rings. The van der Waals surface area contributed by atoms with Crippen molar-refractivity contribution >= 4 is 14.3 Å². The van der Waals surface area contributed by atoms with E-state index < -0.39 is 26.3 Å². The van der Waals surface area contributed by atoms with E-state index >= 15 is 0 Å². The summed E-state index contributed by atoms with van der Waals surface area (Å²) in [6, 6.07) is 13.5. The Hall–Kier alpha value is -2.19. The lowest BCUT2D eigenvalue weighted by Crippen LogP contribution is -2.41. The van der Waals surface area contributed by atoms with Crippen LogP contribution in [0.15, 0.2) is 42.5 Å². The SMILES string of the molecule is COc1ccc(CO[C@H](CCCO[Si](C)(C)C(C)(C)C)[C@H](C)[C@@H](O)C(C)C(=O)Oc2c(C)cccc2C)cc1. The molecule has 2 aromatic carbocycles. The zero-order valence-electron chi connectivity index (χ0n) is 25.7. The summed E-state index contributed by atoms with van der Waals surface area (Å²) < 4.78 is 23.8. The molecule has 2 rings (SSSR count). The van der Waals surface area contributed by atoms with E-state index in [0.717, 1.165) is 28.9 Å². The first-order valence-corrected chi connectivity index (χ1v) is 16.9. The summed E-state index contributed by atoms with van der Waals surface area (Å²) in [5.41, 5.74) is 2.79. The van der Waals surface area contributed by atoms with Gasteiger partial charge >= 0.3 is 5.97 Å². The highest BCUT2D eigenvalue weighted by Crippen LogP contribution is 2.37. The van der Waals surface area contributed by atoms with Gasteiger partial charge in [-0.3, -0.25) is 4.79 Å². The number of para-hydroxylation sites is 1. The predicted molar refractivity (Wildman–Crippen MR) is 160 cm³/mol. The number of aliphatic hydroxyl groups excluding tert-OH is 1. The predicted octanol–water partition coefficient (Wildman–Crippen LogP) is 7.24. The molecule has 6 nitrogen and oxygen atoms in total. The number of methoxy groups -OCH3 is 1. The molecule has 0 amide bonds. The smallest absolute Gasteiger partial charge is 0.316 e. The monoisotopic (exact) mass is 558 g/mol. The summed E-state index contributed by atoms with van der Waals surface area (Å²) >= 11 is 0. The van der Waals surface area contributed by atoms with Crippen molar-refractivity contribution in [1.82, 2.24) is 0 Å². The number of carbonyl (C=O) groups excluding carboxylic acids is 1. The summed E-state index contributed by atoms with van der Waals surface area (Å²) in [5.74, 6) is -0.101. The van der Waals surface area contributed by atoms with Crippen molar-refractivity contribution in [3.05, 3.63) is 59.2 Å². The molecular formula is C32H50O6Si. The Morgan fingerprint density at radius 1 is 1.00 bits per heavy atom. The van der Waals surface area contributed by atoms with Crippen molar-refractivity contribution in [2.75, 3.05) is 13.7 Å². The fourth-order valence-electron chi connectivity index (χ4n) is 4.22. The number of esters is 1. The van der Waals surface area contributed by atoms with Gasteiger partial charge < -0.3 is 23.7 Å². The van der Waals surface area contributed by atoms with E-state index in [0.29, 0.717) is 25.4 Å². The average molecular weight is 559 g/mol. The van der Waals surface area contributed by atoms with E-state index in [4.69, 9.17) is 18.6 Å². The normalized spacial score (nSPS) is 15.4. The Morgan fingerprint density at radius 3 is 2.13 bits per heavy atom. The minimum absolute atomic E-state index is 0.145. The van der Waals surface area contributed by atoms with Crippen LogP contribution < -0.4 is 9.47 Å². The lowest BCUT2D eigenvalue weighted by Gasteiger charge is -2.36. The summed E-state index contributed by atoms with van der Waals surface area (Å²) in [7, 11) is -0.207. The largest absolute Gasteiger partial charge is 0.497 e. The number of rotatable bonds is 14. The van der Waals surface area contributed by atoms with Gasteiger partial charge in [-0.1, -0.05) is 58.0 Å². The van der Waals surface area contributed by atoms with E-state index in [2.05, 4.69) is 33.9 Å². The standard InChI is InChI=1S/C32H50O6Si/c1-22-13-11-14-23(2)30(22)38-31(34)25(4)29(33)24(3)28(15-12-20-37-39(9,10)32(5,6)7)36-21-26-16-18-27(35-8)19-17-26/h11,13-14,16-19,24-25,28-29,33H,12,15,20-21H2,1-10H3/t24-,25?,28+,29+/m0/s1. The van der Waals surface area contributed by atoms with Crippen LogP contribution >= 0.6 is 0 Å². The minimum atomic E-state index is -1.85. The first-order valence-electron chi connectivity index (χ1n) is 14.0. The molecule has 4 atom stereocenters. The molecule has 0 bridgehead atoms. The second-order valence-electron chi connectivity index (χ2n) is 12.2. The van der Waals surface area contributed by atoms with Gasteiger partial charge in [0.15, 0.2) is 8.32 Å². The minimum Gasteiger partial charge on any atom is -0.497 e. The van der Waals surface area contributed by atoms with Gasteiger partial charge in [-0.05, 0) is 80.6 Å². The fourth-order valence-corrected chi connectivity index (χ4v) is 5.31. The molecule has 0 heterocycles. The quantitative estimate of drug-likeness (QED) is 0.114. The van der Waals surface area contributed by atoms with E-state index in [1.807, 2.05) is 63.2 Å². The van der Waals surface area contributed by atoms with Gasteiger partial charge in [0.05, 0.1) is 31.8 Å². The number of aryl methyl sites for hydroxylation is 2. The van der Waals surface area contributed by atoms with Gasteiger partial charge in [0.25, 0.3) is 0 Å². The van der Waals surface area contributed by atoms with Gasteiger partial charge in [-0.25, -0.2) is 0 Å². The van der Waals surface area contributed by atoms with Crippen molar-refractivity contribution in [2.24, 2.45) is 11.8 Å². The Labute approximate surface area is 237 Å². The molecule has 0 aromatic heterocycles. The molecule has 0 aliphatic carbocycles. The maximum absolute atomic E-state index is 13.0. The zero-order chi connectivity index (χ0) is 29.4. The molecule has 0 saturated carbocycles. The Bertz CT molecular complexity index is 1020. The van der Waals surface area contributed by atoms with Crippen molar-refractivity contribution in [3.63, 3.8) is 0 Å². The topological polar surface area (TPSA) is 74.2 Å². The van der Waals surface area contributed by atoms with Gasteiger partial charge in [-0.2, -0.15) is 0 Å². The average Bonchev–Trinajstić information content (AvgIpc) is 2.88. The van der Waals surface area contributed by atoms with E-state index in [1.54, 1.807) is 14.0 Å². The number of carbonyl (C=O) groups is 1. The Morgan fingerprint density at radius 2 is 1.59 bits per heavy atom. The van der Waals surface area contributed by atoms with Crippen LogP contribution in [0.25, 0.3) is 0 Å². The van der Waals surface area contributed by atoms with Gasteiger partial charge in [-0.15, -0.1) is 0 Å². The van der Waals surface area contributed by atoms with E-state index in [9.17, 15) is 9.90 Å². The molecule has 0 fully saturated rings. The number of hydrogen-bond acceptors (Lipinski definition) is 6. The lowest BCUT2D eigenvalue weighted by atomic mass is 9.87. The molecule has 39 heavy (non-hydrogen) atoms. The van der Waals surface area contributed by atoms with Crippen LogP contribution in [0.2, 0.25) is 18.1 Å². The van der Waals surface area contributed by atoms with Crippen LogP contribution in [0.4, 0.5) is 0 Å². The highest BCUT2D eigenvalue weighted by molar-refractivity contribution is 6.74. The summed E-state index contributed by atoms with van der Waals surface area (Å²) in [5, 5.41) is 11.4. The zero-order valence-corrected chi connectivity index (χ0v) is 26.7. The van der Waals surface area contributed by atoms with Gasteiger partial charge in [0.2, 0.25) is 0 Å². The van der Waals surface area contributed by atoms with Crippen LogP contribution in [-0.2, 0) is 20.6 Å². The van der Waals surface area contributed by atoms with E-state index in [1.165, 1.54) is 0 Å². The van der Waals surface area contributed by atoms with Crippen LogP contribution in [-0.4, -0.2) is 45.3 Å². The molecule has 1 N–H and O–H groups in total. The van der Waals surface area contributed by atoms with Crippen molar-refractivity contribution in [2.45, 2.75) is 98.3 Å². The van der Waals surface area contributed by atoms with Crippen molar-refractivity contribution in [3.8, 4) is 11.5 Å². The van der Waals surface area contributed by atoms with Crippen LogP contribution in [0.5, 0.6) is 11.5 Å². The molecule has 1 unspecified atom stereocenters. The second-order valence-corrected chi connectivity index (χ2v) is 17.0. The number of hydrogen-bond donors (Lipinski definition) is 1. The first kappa shape index (κ1) is 33.0. The van der Waals surface area contributed by atoms with Gasteiger partial charge in [0, 0.05) is 12.5 Å². The maximum Gasteiger partial charge on any atom is 0.316 e. The molecule has 218 valence electrons. The molecular weight excluding hydrogens is 508 g/mol. The fraction of sp³-hybridized carbons (Fsp3) is 0.594. The maximum atomic E-state index is 13.0. The highest BCUT2D eigenvalue weighted by Gasteiger charge is 2.37. The van der Waals surface area contributed by atoms with Crippen LogP contribution in [0.3, 0.4) is 0 Å². The summed E-state index contributed by atoms with van der Waals surface area (Å²) in [4.78, 5) is 13.0. The first-order chi connectivity index (χ1) is 18.2. The third-order valence-corrected chi connectivity index (χ3v) is 12.7. The number of benzene rings is 2. The van der Waals surface area contributed by atoms with Crippen molar-refractivity contribution in [1.29, 1.82) is 0 Å². The molecule has 0 spiro atoms. The lowest BCUT2D eigenvalue weighted by molar-refractivity contribution is -0.145. The molecule has 0 saturated heterocycles. The van der Waals surface area contributed by atoms with Crippen LogP contribution in [0, 0.1) is 25.7 Å². The highest BCUT2D eigenvalue weighted by atomic mass is 28.4. The molecule has 2 aromatic rings. The Kier molecular flexibility index (Phi) is 12.2. The number of ether oxygens (including phenoxy) is 3. The van der Waals surface area contributed by atoms with Crippen LogP contribution in [0.1, 0.15) is 64.2 Å².